The molecule has 1 aliphatic heterocycles. The minimum atomic E-state index is -0.478. The van der Waals surface area contributed by atoms with E-state index in [1.54, 1.807) is 6.07 Å². The molecular formula is C16H26N2O2. The first-order valence-corrected chi connectivity index (χ1v) is 7.47. The van der Waals surface area contributed by atoms with Gasteiger partial charge in [-0.1, -0.05) is 26.0 Å². The molecular weight excluding hydrogens is 252 g/mol. The van der Waals surface area contributed by atoms with Gasteiger partial charge in [0.15, 0.2) is 0 Å². The predicted molar refractivity (Wildman–Crippen MR) is 81.8 cm³/mol. The highest BCUT2D eigenvalue weighted by Crippen LogP contribution is 2.24. The zero-order valence-electron chi connectivity index (χ0n) is 12.5. The fourth-order valence-corrected chi connectivity index (χ4v) is 2.95. The number of hydrogen-bond donors (Lipinski definition) is 2. The number of aliphatic hydroxyl groups is 1. The first-order valence-electron chi connectivity index (χ1n) is 7.47. The van der Waals surface area contributed by atoms with Crippen LogP contribution in [-0.4, -0.2) is 41.8 Å². The van der Waals surface area contributed by atoms with Crippen molar-refractivity contribution in [2.24, 2.45) is 5.92 Å². The average Bonchev–Trinajstić information content (AvgIpc) is 2.86. The number of anilines is 1. The lowest BCUT2D eigenvalue weighted by Crippen LogP contribution is -2.40. The first-order chi connectivity index (χ1) is 9.58. The number of β-amino-alcohol motifs (C(OH)–C–C–N with tert-alkyl or cyclic N) is 1. The van der Waals surface area contributed by atoms with Crippen molar-refractivity contribution in [1.82, 2.24) is 4.90 Å². The largest absolute Gasteiger partial charge is 0.489 e. The minimum absolute atomic E-state index is 0.287. The van der Waals surface area contributed by atoms with Gasteiger partial charge in [0.1, 0.15) is 18.5 Å². The van der Waals surface area contributed by atoms with Gasteiger partial charge in [-0.25, -0.2) is 0 Å². The highest BCUT2D eigenvalue weighted by molar-refractivity contribution is 5.51. The average molecular weight is 278 g/mol. The molecule has 0 aromatic heterocycles. The highest BCUT2D eigenvalue weighted by Gasteiger charge is 2.28. The SMILES string of the molecule is CC(C)C1CCCN1CC(O)COc1ccccc1N. The summed E-state index contributed by atoms with van der Waals surface area (Å²) in [5, 5.41) is 10.2. The fraction of sp³-hybridized carbons (Fsp3) is 0.625. The summed E-state index contributed by atoms with van der Waals surface area (Å²) >= 11 is 0. The molecule has 0 aliphatic carbocycles. The molecule has 0 radical (unpaired) electrons. The molecule has 1 aromatic rings. The number of rotatable bonds is 6. The molecule has 1 fully saturated rings. The Morgan fingerprint density at radius 3 is 2.85 bits per heavy atom. The molecule has 2 rings (SSSR count). The van der Waals surface area contributed by atoms with Crippen molar-refractivity contribution >= 4 is 5.69 Å². The third-order valence-electron chi connectivity index (χ3n) is 3.98. The van der Waals surface area contributed by atoms with Crippen LogP contribution in [0.2, 0.25) is 0 Å². The summed E-state index contributed by atoms with van der Waals surface area (Å²) in [6.07, 6.45) is 1.98. The zero-order chi connectivity index (χ0) is 14.5. The smallest absolute Gasteiger partial charge is 0.142 e. The lowest BCUT2D eigenvalue weighted by Gasteiger charge is -2.29. The topological polar surface area (TPSA) is 58.7 Å². The minimum Gasteiger partial charge on any atom is -0.489 e. The zero-order valence-corrected chi connectivity index (χ0v) is 12.5. The van der Waals surface area contributed by atoms with Crippen molar-refractivity contribution in [3.63, 3.8) is 0 Å². The van der Waals surface area contributed by atoms with Gasteiger partial charge in [-0.05, 0) is 37.4 Å². The summed E-state index contributed by atoms with van der Waals surface area (Å²) in [6, 6.07) is 7.97. The first kappa shape index (κ1) is 15.1. The van der Waals surface area contributed by atoms with Crippen LogP contribution in [0, 0.1) is 5.92 Å². The van der Waals surface area contributed by atoms with E-state index in [0.29, 0.717) is 29.9 Å². The number of benzene rings is 1. The van der Waals surface area contributed by atoms with E-state index < -0.39 is 6.10 Å². The quantitative estimate of drug-likeness (QED) is 0.783. The van der Waals surface area contributed by atoms with Crippen molar-refractivity contribution < 1.29 is 9.84 Å². The van der Waals surface area contributed by atoms with Crippen molar-refractivity contribution in [1.29, 1.82) is 0 Å². The second-order valence-electron chi connectivity index (χ2n) is 5.95. The van der Waals surface area contributed by atoms with Gasteiger partial charge < -0.3 is 15.6 Å². The van der Waals surface area contributed by atoms with Gasteiger partial charge >= 0.3 is 0 Å². The van der Waals surface area contributed by atoms with Crippen LogP contribution in [0.4, 0.5) is 5.69 Å². The van der Waals surface area contributed by atoms with Crippen LogP contribution in [0.5, 0.6) is 5.75 Å². The molecule has 0 saturated carbocycles. The fourth-order valence-electron chi connectivity index (χ4n) is 2.95. The number of para-hydroxylation sites is 2. The number of hydrogen-bond acceptors (Lipinski definition) is 4. The Hall–Kier alpha value is -1.26. The Kier molecular flexibility index (Phi) is 5.26. The molecule has 4 heteroatoms. The molecule has 20 heavy (non-hydrogen) atoms. The Labute approximate surface area is 121 Å². The van der Waals surface area contributed by atoms with E-state index in [9.17, 15) is 5.11 Å². The van der Waals surface area contributed by atoms with Gasteiger partial charge in [-0.3, -0.25) is 4.90 Å². The summed E-state index contributed by atoms with van der Waals surface area (Å²) < 4.78 is 5.60. The molecule has 4 nitrogen and oxygen atoms in total. The maximum atomic E-state index is 10.2. The lowest BCUT2D eigenvalue weighted by atomic mass is 10.0. The molecule has 2 unspecified atom stereocenters. The molecule has 0 spiro atoms. The second-order valence-corrected chi connectivity index (χ2v) is 5.95. The van der Waals surface area contributed by atoms with Crippen LogP contribution in [-0.2, 0) is 0 Å². The van der Waals surface area contributed by atoms with Gasteiger partial charge in [0.2, 0.25) is 0 Å². The molecule has 0 bridgehead atoms. The van der Waals surface area contributed by atoms with Gasteiger partial charge in [0.25, 0.3) is 0 Å². The van der Waals surface area contributed by atoms with Gasteiger partial charge in [-0.2, -0.15) is 0 Å². The number of nitrogens with two attached hydrogens (primary N) is 1. The van der Waals surface area contributed by atoms with Crippen molar-refractivity contribution in [2.45, 2.75) is 38.8 Å². The summed E-state index contributed by atoms with van der Waals surface area (Å²) in [5.74, 6) is 1.28. The van der Waals surface area contributed by atoms with E-state index in [1.165, 1.54) is 12.8 Å². The van der Waals surface area contributed by atoms with Gasteiger partial charge in [-0.15, -0.1) is 0 Å². The molecule has 3 N–H and O–H groups in total. The Morgan fingerprint density at radius 2 is 2.15 bits per heavy atom. The lowest BCUT2D eigenvalue weighted by molar-refractivity contribution is 0.0573. The monoisotopic (exact) mass is 278 g/mol. The van der Waals surface area contributed by atoms with E-state index >= 15 is 0 Å². The summed E-state index contributed by atoms with van der Waals surface area (Å²) in [4.78, 5) is 2.38. The molecule has 1 aliphatic rings. The third kappa shape index (κ3) is 3.87. The number of nitrogen functional groups attached to an aromatic ring is 1. The van der Waals surface area contributed by atoms with E-state index in [4.69, 9.17) is 10.5 Å². The maximum absolute atomic E-state index is 10.2. The van der Waals surface area contributed by atoms with Gasteiger partial charge in [0.05, 0.1) is 5.69 Å². The Morgan fingerprint density at radius 1 is 1.40 bits per heavy atom. The van der Waals surface area contributed by atoms with Crippen LogP contribution in [0.1, 0.15) is 26.7 Å². The van der Waals surface area contributed by atoms with Crippen LogP contribution in [0.3, 0.4) is 0 Å². The van der Waals surface area contributed by atoms with E-state index in [0.717, 1.165) is 6.54 Å². The standard InChI is InChI=1S/C16H26N2O2/c1-12(2)15-7-5-9-18(15)10-13(19)11-20-16-8-4-3-6-14(16)17/h3-4,6,8,12-13,15,19H,5,7,9-11,17H2,1-2H3. The predicted octanol–water partition coefficient (Wildman–Crippen LogP) is 2.13. The van der Waals surface area contributed by atoms with E-state index in [2.05, 4.69) is 18.7 Å². The summed E-state index contributed by atoms with van der Waals surface area (Å²) in [7, 11) is 0. The molecule has 112 valence electrons. The van der Waals surface area contributed by atoms with Crippen LogP contribution < -0.4 is 10.5 Å². The number of likely N-dealkylation sites (tertiary alicyclic amines) is 1. The normalized spacial score (nSPS) is 21.3. The van der Waals surface area contributed by atoms with Crippen LogP contribution >= 0.6 is 0 Å². The van der Waals surface area contributed by atoms with E-state index in [1.807, 2.05) is 18.2 Å². The molecule has 0 amide bonds. The second kappa shape index (κ2) is 6.95. The van der Waals surface area contributed by atoms with Crippen molar-refractivity contribution in [3.05, 3.63) is 24.3 Å². The number of ether oxygens (including phenoxy) is 1. The summed E-state index contributed by atoms with van der Waals surface area (Å²) in [5.41, 5.74) is 6.43. The maximum Gasteiger partial charge on any atom is 0.142 e. The Balaban J connectivity index is 1.81. The molecule has 1 aromatic carbocycles. The molecule has 1 heterocycles. The van der Waals surface area contributed by atoms with Crippen molar-refractivity contribution in [3.8, 4) is 5.75 Å². The number of nitrogens with zero attached hydrogens (tertiary/aromatic N) is 1. The van der Waals surface area contributed by atoms with Crippen LogP contribution in [0.15, 0.2) is 24.3 Å². The summed E-state index contributed by atoms with van der Waals surface area (Å²) in [6.45, 7) is 6.53. The highest BCUT2D eigenvalue weighted by atomic mass is 16.5. The number of aliphatic hydroxyl groups excluding tert-OH is 1. The Bertz CT molecular complexity index is 423. The third-order valence-corrected chi connectivity index (χ3v) is 3.98. The van der Waals surface area contributed by atoms with Crippen LogP contribution in [0.25, 0.3) is 0 Å². The molecule has 2 atom stereocenters. The van der Waals surface area contributed by atoms with E-state index in [-0.39, 0.29) is 6.61 Å². The van der Waals surface area contributed by atoms with Gasteiger partial charge in [0, 0.05) is 12.6 Å². The van der Waals surface area contributed by atoms with Crippen molar-refractivity contribution in [2.75, 3.05) is 25.4 Å². The molecule has 1 saturated heterocycles.